The number of hydrogen-bond acceptors (Lipinski definition) is 5. The molecule has 3 amide bonds. The largest absolute Gasteiger partial charge is 0.447 e. The van der Waals surface area contributed by atoms with Gasteiger partial charge in [-0.1, -0.05) is 6.07 Å². The molecule has 1 N–H and O–H groups in total. The Balaban J connectivity index is 1.22. The van der Waals surface area contributed by atoms with Gasteiger partial charge in [0.15, 0.2) is 0 Å². The van der Waals surface area contributed by atoms with E-state index in [1.165, 1.54) is 0 Å². The van der Waals surface area contributed by atoms with Gasteiger partial charge in [-0.3, -0.25) is 19.5 Å². The number of ether oxygens (including phenoxy) is 1. The van der Waals surface area contributed by atoms with Gasteiger partial charge in [0.25, 0.3) is 0 Å². The number of hydrogen-bond donors (Lipinski definition) is 1. The number of nitrogens with one attached hydrogen (secondary N) is 1. The highest BCUT2D eigenvalue weighted by Crippen LogP contribution is 2.28. The summed E-state index contributed by atoms with van der Waals surface area (Å²) in [4.78, 5) is 44.5. The van der Waals surface area contributed by atoms with Crippen LogP contribution in [0.15, 0.2) is 24.4 Å². The smallest absolute Gasteiger partial charge is 0.410 e. The Kier molecular flexibility index (Phi) is 5.45. The van der Waals surface area contributed by atoms with Gasteiger partial charge in [0.1, 0.15) is 6.61 Å². The maximum atomic E-state index is 12.9. The molecule has 1 aromatic rings. The molecule has 3 heterocycles. The van der Waals surface area contributed by atoms with Gasteiger partial charge in [-0.2, -0.15) is 0 Å². The summed E-state index contributed by atoms with van der Waals surface area (Å²) >= 11 is 0. The molecular weight excluding hydrogens is 360 g/mol. The Hall–Kier alpha value is -2.64. The summed E-state index contributed by atoms with van der Waals surface area (Å²) in [7, 11) is 0. The molecule has 2 aliphatic heterocycles. The van der Waals surface area contributed by atoms with E-state index in [-0.39, 0.29) is 42.3 Å². The van der Waals surface area contributed by atoms with Gasteiger partial charge in [-0.05, 0) is 37.8 Å². The molecule has 0 aromatic carbocycles. The van der Waals surface area contributed by atoms with Gasteiger partial charge in [0, 0.05) is 43.5 Å². The predicted octanol–water partition coefficient (Wildman–Crippen LogP) is 0.962. The van der Waals surface area contributed by atoms with Crippen molar-refractivity contribution in [3.8, 4) is 0 Å². The molecule has 28 heavy (non-hydrogen) atoms. The van der Waals surface area contributed by atoms with Gasteiger partial charge in [0.2, 0.25) is 11.8 Å². The molecule has 3 aliphatic rings. The number of nitrogens with zero attached hydrogens (tertiary/aromatic N) is 3. The zero-order valence-electron chi connectivity index (χ0n) is 15.9. The van der Waals surface area contributed by atoms with Crippen LogP contribution >= 0.6 is 0 Å². The Labute approximate surface area is 164 Å². The molecule has 1 saturated carbocycles. The topological polar surface area (TPSA) is 91.8 Å². The number of carbonyl (C=O) groups is 3. The average molecular weight is 386 g/mol. The van der Waals surface area contributed by atoms with E-state index < -0.39 is 0 Å². The van der Waals surface area contributed by atoms with E-state index in [1.54, 1.807) is 11.1 Å². The fraction of sp³-hybridized carbons (Fsp3) is 0.600. The predicted molar refractivity (Wildman–Crippen MR) is 100 cm³/mol. The minimum absolute atomic E-state index is 0.00702. The van der Waals surface area contributed by atoms with Crippen LogP contribution in [-0.4, -0.2) is 71.0 Å². The average Bonchev–Trinajstić information content (AvgIpc) is 3.09. The summed E-state index contributed by atoms with van der Waals surface area (Å²) in [5.74, 6) is 0.168. The summed E-state index contributed by atoms with van der Waals surface area (Å²) in [6.07, 6.45) is 4.91. The molecule has 1 aliphatic carbocycles. The first kappa shape index (κ1) is 18.7. The molecule has 1 unspecified atom stereocenters. The van der Waals surface area contributed by atoms with Crippen molar-refractivity contribution in [2.45, 2.75) is 44.2 Å². The third kappa shape index (κ3) is 4.10. The second-order valence-electron chi connectivity index (χ2n) is 7.82. The monoisotopic (exact) mass is 386 g/mol. The first-order chi connectivity index (χ1) is 13.6. The first-order valence-corrected chi connectivity index (χ1v) is 10.0. The highest BCUT2D eigenvalue weighted by Gasteiger charge is 2.40. The van der Waals surface area contributed by atoms with Gasteiger partial charge < -0.3 is 15.0 Å². The lowest BCUT2D eigenvalue weighted by atomic mass is 9.85. The van der Waals surface area contributed by atoms with Crippen molar-refractivity contribution in [2.75, 3.05) is 26.2 Å². The van der Waals surface area contributed by atoms with Gasteiger partial charge in [-0.25, -0.2) is 4.79 Å². The van der Waals surface area contributed by atoms with Crippen LogP contribution in [0.2, 0.25) is 0 Å². The minimum atomic E-state index is -0.265. The molecule has 1 atom stereocenters. The maximum Gasteiger partial charge on any atom is 0.410 e. The highest BCUT2D eigenvalue weighted by molar-refractivity contribution is 5.80. The molecule has 0 bridgehead atoms. The maximum absolute atomic E-state index is 12.9. The van der Waals surface area contributed by atoms with Crippen molar-refractivity contribution in [3.05, 3.63) is 30.1 Å². The quantitative estimate of drug-likeness (QED) is 0.832. The number of amides is 3. The van der Waals surface area contributed by atoms with E-state index >= 15 is 0 Å². The lowest BCUT2D eigenvalue weighted by Crippen LogP contribution is -2.55. The van der Waals surface area contributed by atoms with Crippen molar-refractivity contribution in [1.29, 1.82) is 0 Å². The second kappa shape index (κ2) is 8.16. The number of cyclic esters (lactones) is 1. The minimum Gasteiger partial charge on any atom is -0.447 e. The summed E-state index contributed by atoms with van der Waals surface area (Å²) < 4.78 is 5.07. The highest BCUT2D eigenvalue weighted by atomic mass is 16.6. The lowest BCUT2D eigenvalue weighted by molar-refractivity contribution is -0.138. The van der Waals surface area contributed by atoms with E-state index in [4.69, 9.17) is 4.74 Å². The van der Waals surface area contributed by atoms with Crippen molar-refractivity contribution in [1.82, 2.24) is 20.1 Å². The van der Waals surface area contributed by atoms with Crippen LogP contribution in [0.1, 0.15) is 31.4 Å². The van der Waals surface area contributed by atoms with Crippen molar-refractivity contribution >= 4 is 17.9 Å². The number of piperazine rings is 1. The molecule has 150 valence electrons. The third-order valence-electron chi connectivity index (χ3n) is 5.94. The molecule has 4 rings (SSSR count). The number of carbonyl (C=O) groups excluding carboxylic acids is 3. The fourth-order valence-corrected chi connectivity index (χ4v) is 4.38. The van der Waals surface area contributed by atoms with Crippen LogP contribution in [0.25, 0.3) is 0 Å². The van der Waals surface area contributed by atoms with Crippen LogP contribution in [0.4, 0.5) is 4.79 Å². The Morgan fingerprint density at radius 1 is 1.18 bits per heavy atom. The van der Waals surface area contributed by atoms with E-state index in [0.717, 1.165) is 31.4 Å². The lowest BCUT2D eigenvalue weighted by Gasteiger charge is -2.38. The molecule has 2 saturated heterocycles. The zero-order valence-corrected chi connectivity index (χ0v) is 15.9. The van der Waals surface area contributed by atoms with Crippen molar-refractivity contribution < 1.29 is 19.1 Å². The van der Waals surface area contributed by atoms with Crippen LogP contribution in [0.5, 0.6) is 0 Å². The molecule has 3 fully saturated rings. The van der Waals surface area contributed by atoms with Gasteiger partial charge in [-0.15, -0.1) is 0 Å². The van der Waals surface area contributed by atoms with E-state index in [9.17, 15) is 14.4 Å². The second-order valence-corrected chi connectivity index (χ2v) is 7.82. The molecule has 0 radical (unpaired) electrons. The summed E-state index contributed by atoms with van der Waals surface area (Å²) in [6.45, 7) is 2.06. The zero-order chi connectivity index (χ0) is 19.5. The first-order valence-electron chi connectivity index (χ1n) is 10.0. The molecule has 8 heteroatoms. The molecule has 8 nitrogen and oxygen atoms in total. The van der Waals surface area contributed by atoms with E-state index in [0.29, 0.717) is 26.2 Å². The van der Waals surface area contributed by atoms with Crippen molar-refractivity contribution in [2.24, 2.45) is 5.92 Å². The van der Waals surface area contributed by atoms with Crippen LogP contribution in [0.3, 0.4) is 0 Å². The van der Waals surface area contributed by atoms with E-state index in [1.807, 2.05) is 23.1 Å². The number of aromatic nitrogens is 1. The molecule has 1 aromatic heterocycles. The molecule has 0 spiro atoms. The van der Waals surface area contributed by atoms with Crippen molar-refractivity contribution in [3.63, 3.8) is 0 Å². The van der Waals surface area contributed by atoms with Crippen LogP contribution in [-0.2, 0) is 20.7 Å². The van der Waals surface area contributed by atoms with Crippen LogP contribution in [0, 0.1) is 5.92 Å². The Morgan fingerprint density at radius 2 is 2.00 bits per heavy atom. The SMILES string of the molecule is O=C(Cc1ccccn1)NC1CCC(C(=O)N2CCN3C(=O)OCC3C2)CC1. The number of rotatable bonds is 4. The third-order valence-corrected chi connectivity index (χ3v) is 5.94. The van der Waals surface area contributed by atoms with Gasteiger partial charge in [0.05, 0.1) is 12.5 Å². The van der Waals surface area contributed by atoms with Gasteiger partial charge >= 0.3 is 6.09 Å². The normalized spacial score (nSPS) is 27.1. The standard InChI is InChI=1S/C20H26N4O4/c25-18(11-16-3-1-2-8-21-16)22-15-6-4-14(5-7-15)19(26)23-9-10-24-17(12-23)13-28-20(24)27/h1-3,8,14-15,17H,4-7,9-13H2,(H,22,25). The summed E-state index contributed by atoms with van der Waals surface area (Å²) in [5.41, 5.74) is 0.761. The Bertz CT molecular complexity index is 733. The molecular formula is C20H26N4O4. The number of pyridine rings is 1. The summed E-state index contributed by atoms with van der Waals surface area (Å²) in [6, 6.07) is 5.67. The summed E-state index contributed by atoms with van der Waals surface area (Å²) in [5, 5.41) is 3.08. The number of fused-ring (bicyclic) bond motifs is 1. The Morgan fingerprint density at radius 3 is 2.75 bits per heavy atom. The van der Waals surface area contributed by atoms with Crippen LogP contribution < -0.4 is 5.32 Å². The van der Waals surface area contributed by atoms with E-state index in [2.05, 4.69) is 10.3 Å². The fourth-order valence-electron chi connectivity index (χ4n) is 4.38.